The number of hydrogen-bond donors (Lipinski definition) is 7. The van der Waals surface area contributed by atoms with Crippen molar-refractivity contribution in [1.82, 2.24) is 20.9 Å². The maximum Gasteiger partial charge on any atom is 0.326 e. The summed E-state index contributed by atoms with van der Waals surface area (Å²) < 4.78 is 0. The molecule has 0 bridgehead atoms. The maximum atomic E-state index is 12.8. The molecule has 12 nitrogen and oxygen atoms in total. The van der Waals surface area contributed by atoms with Gasteiger partial charge in [-0.1, -0.05) is 38.5 Å². The number of carbonyl (C=O) groups excluding carboxylic acids is 4. The predicted octanol–water partition coefficient (Wildman–Crippen LogP) is -0.0918. The number of nitrogens with two attached hydrogens (primary N) is 2. The van der Waals surface area contributed by atoms with Gasteiger partial charge in [0.2, 0.25) is 23.6 Å². The number of carbonyl (C=O) groups is 5. The second-order valence-electron chi connectivity index (χ2n) is 9.18. The van der Waals surface area contributed by atoms with Gasteiger partial charge in [-0.25, -0.2) is 4.79 Å². The molecule has 12 heteroatoms. The molecular formula is C25H36N6O6. The number of aliphatic carboxylic acids is 1. The summed E-state index contributed by atoms with van der Waals surface area (Å²) in [6, 6.07) is 3.18. The minimum Gasteiger partial charge on any atom is -0.480 e. The normalized spacial score (nSPS) is 15.1. The lowest BCUT2D eigenvalue weighted by Crippen LogP contribution is -2.57. The van der Waals surface area contributed by atoms with Gasteiger partial charge >= 0.3 is 5.97 Å². The molecule has 0 aliphatic rings. The number of aromatic nitrogens is 1. The van der Waals surface area contributed by atoms with E-state index in [-0.39, 0.29) is 25.2 Å². The smallest absolute Gasteiger partial charge is 0.326 e. The molecule has 1 heterocycles. The maximum absolute atomic E-state index is 12.8. The molecule has 5 atom stereocenters. The van der Waals surface area contributed by atoms with Gasteiger partial charge in [-0.05, 0) is 37.3 Å². The van der Waals surface area contributed by atoms with Crippen LogP contribution < -0.4 is 27.4 Å². The Kier molecular flexibility index (Phi) is 10.6. The number of carboxylic acid groups (broad SMARTS) is 1. The molecule has 0 aliphatic carbocycles. The van der Waals surface area contributed by atoms with Gasteiger partial charge in [-0.2, -0.15) is 0 Å². The van der Waals surface area contributed by atoms with Crippen molar-refractivity contribution in [3.8, 4) is 0 Å². The van der Waals surface area contributed by atoms with Gasteiger partial charge in [-0.15, -0.1) is 0 Å². The van der Waals surface area contributed by atoms with Gasteiger partial charge in [-0.3, -0.25) is 19.2 Å². The SMILES string of the molecule is CCC(C)C(NC(=O)C(CCC(N)=O)NC(=O)C(C)NC(=O)C(N)Cc1c[nH]c2ccccc12)C(=O)O. The van der Waals surface area contributed by atoms with Crippen LogP contribution in [0.5, 0.6) is 0 Å². The van der Waals surface area contributed by atoms with E-state index in [2.05, 4.69) is 20.9 Å². The highest BCUT2D eigenvalue weighted by molar-refractivity contribution is 5.94. The fraction of sp³-hybridized carbons (Fsp3) is 0.480. The average molecular weight is 517 g/mol. The number of H-pyrrole nitrogens is 1. The van der Waals surface area contributed by atoms with Crippen LogP contribution in [0.4, 0.5) is 0 Å². The molecule has 5 unspecified atom stereocenters. The average Bonchev–Trinajstić information content (AvgIpc) is 3.26. The third kappa shape index (κ3) is 8.31. The highest BCUT2D eigenvalue weighted by Gasteiger charge is 2.31. The number of rotatable bonds is 14. The molecule has 2 rings (SSSR count). The van der Waals surface area contributed by atoms with Crippen LogP contribution in [-0.2, 0) is 30.4 Å². The van der Waals surface area contributed by atoms with Crippen molar-refractivity contribution in [2.24, 2.45) is 17.4 Å². The van der Waals surface area contributed by atoms with E-state index in [0.717, 1.165) is 16.5 Å². The number of aromatic amines is 1. The van der Waals surface area contributed by atoms with Gasteiger partial charge in [0.1, 0.15) is 18.1 Å². The standard InChI is InChI=1S/C25H36N6O6/c1-4-13(2)21(25(36)37)31-24(35)19(9-10-20(27)32)30-22(33)14(3)29-23(34)17(26)11-15-12-28-18-8-6-5-7-16(15)18/h5-8,12-14,17,19,21,28H,4,9-11,26H2,1-3H3,(H2,27,32)(H,29,34)(H,30,33)(H,31,35)(H,36,37). The monoisotopic (exact) mass is 516 g/mol. The van der Waals surface area contributed by atoms with Crippen LogP contribution in [0.3, 0.4) is 0 Å². The first-order chi connectivity index (χ1) is 17.4. The van der Waals surface area contributed by atoms with Crippen molar-refractivity contribution >= 4 is 40.5 Å². The van der Waals surface area contributed by atoms with Crippen LogP contribution in [0, 0.1) is 5.92 Å². The molecule has 0 spiro atoms. The Morgan fingerprint density at radius 1 is 1.00 bits per heavy atom. The molecule has 1 aromatic heterocycles. The number of para-hydroxylation sites is 1. The first kappa shape index (κ1) is 29.3. The molecule has 1 aromatic carbocycles. The summed E-state index contributed by atoms with van der Waals surface area (Å²) in [5.74, 6) is -4.30. The van der Waals surface area contributed by atoms with Gasteiger partial charge < -0.3 is 37.5 Å². The first-order valence-corrected chi connectivity index (χ1v) is 12.2. The largest absolute Gasteiger partial charge is 0.480 e. The molecule has 9 N–H and O–H groups in total. The molecule has 0 aliphatic heterocycles. The summed E-state index contributed by atoms with van der Waals surface area (Å²) >= 11 is 0. The molecule has 2 aromatic rings. The summed E-state index contributed by atoms with van der Waals surface area (Å²) in [5, 5.41) is 17.8. The Bertz CT molecular complexity index is 1130. The highest BCUT2D eigenvalue weighted by Crippen LogP contribution is 2.18. The van der Waals surface area contributed by atoms with E-state index in [1.54, 1.807) is 20.0 Å². The van der Waals surface area contributed by atoms with Crippen molar-refractivity contribution < 1.29 is 29.1 Å². The number of hydrogen-bond acceptors (Lipinski definition) is 6. The molecule has 202 valence electrons. The Morgan fingerprint density at radius 3 is 2.30 bits per heavy atom. The minimum absolute atomic E-state index is 0.138. The topological polar surface area (TPSA) is 209 Å². The van der Waals surface area contributed by atoms with Crippen molar-refractivity contribution in [3.05, 3.63) is 36.0 Å². The van der Waals surface area contributed by atoms with E-state index in [4.69, 9.17) is 11.5 Å². The summed E-state index contributed by atoms with van der Waals surface area (Å²) in [6.07, 6.45) is 2.16. The second-order valence-corrected chi connectivity index (χ2v) is 9.18. The minimum atomic E-state index is -1.23. The van der Waals surface area contributed by atoms with E-state index < -0.39 is 53.8 Å². The molecule has 37 heavy (non-hydrogen) atoms. The van der Waals surface area contributed by atoms with E-state index in [0.29, 0.717) is 6.42 Å². The van der Waals surface area contributed by atoms with E-state index in [1.807, 2.05) is 24.3 Å². The number of primary amides is 1. The zero-order chi connectivity index (χ0) is 27.7. The number of amides is 4. The van der Waals surface area contributed by atoms with Crippen LogP contribution in [0.1, 0.15) is 45.6 Å². The third-order valence-electron chi connectivity index (χ3n) is 6.29. The lowest BCUT2D eigenvalue weighted by molar-refractivity contribution is -0.144. The third-order valence-corrected chi connectivity index (χ3v) is 6.29. The summed E-state index contributed by atoms with van der Waals surface area (Å²) in [7, 11) is 0. The quantitative estimate of drug-likeness (QED) is 0.181. The number of benzene rings is 1. The zero-order valence-corrected chi connectivity index (χ0v) is 21.2. The van der Waals surface area contributed by atoms with Crippen LogP contribution in [0.25, 0.3) is 10.9 Å². The van der Waals surface area contributed by atoms with Gasteiger partial charge in [0.15, 0.2) is 0 Å². The zero-order valence-electron chi connectivity index (χ0n) is 21.2. The van der Waals surface area contributed by atoms with Crippen LogP contribution in [0.2, 0.25) is 0 Å². The summed E-state index contributed by atoms with van der Waals surface area (Å²) in [6.45, 7) is 4.88. The first-order valence-electron chi connectivity index (χ1n) is 12.2. The van der Waals surface area contributed by atoms with Gasteiger partial charge in [0.25, 0.3) is 0 Å². The Morgan fingerprint density at radius 2 is 1.68 bits per heavy atom. The number of carboxylic acids is 1. The lowest BCUT2D eigenvalue weighted by Gasteiger charge is -2.25. The number of nitrogens with one attached hydrogen (secondary N) is 4. The van der Waals surface area contributed by atoms with Crippen LogP contribution >= 0.6 is 0 Å². The van der Waals surface area contributed by atoms with E-state index in [1.165, 1.54) is 6.92 Å². The fourth-order valence-electron chi connectivity index (χ4n) is 3.81. The fourth-order valence-corrected chi connectivity index (χ4v) is 3.81. The van der Waals surface area contributed by atoms with Crippen LogP contribution in [-0.4, -0.2) is 63.9 Å². The van der Waals surface area contributed by atoms with Crippen LogP contribution in [0.15, 0.2) is 30.5 Å². The van der Waals surface area contributed by atoms with Crippen molar-refractivity contribution in [1.29, 1.82) is 0 Å². The summed E-state index contributed by atoms with van der Waals surface area (Å²) in [5.41, 5.74) is 13.0. The predicted molar refractivity (Wildman–Crippen MR) is 137 cm³/mol. The van der Waals surface area contributed by atoms with Crippen molar-refractivity contribution in [2.45, 2.75) is 70.6 Å². The molecule has 0 fully saturated rings. The second kappa shape index (κ2) is 13.4. The molecule has 4 amide bonds. The Labute approximate surface area is 214 Å². The molecule has 0 radical (unpaired) electrons. The van der Waals surface area contributed by atoms with Gasteiger partial charge in [0, 0.05) is 23.5 Å². The highest BCUT2D eigenvalue weighted by atomic mass is 16.4. The Balaban J connectivity index is 2.02. The lowest BCUT2D eigenvalue weighted by atomic mass is 9.98. The van der Waals surface area contributed by atoms with E-state index >= 15 is 0 Å². The van der Waals surface area contributed by atoms with Gasteiger partial charge in [0.05, 0.1) is 6.04 Å². The molecular weight excluding hydrogens is 480 g/mol. The number of fused-ring (bicyclic) bond motifs is 1. The van der Waals surface area contributed by atoms with Crippen molar-refractivity contribution in [3.63, 3.8) is 0 Å². The Hall–Kier alpha value is -3.93. The molecule has 0 saturated heterocycles. The van der Waals surface area contributed by atoms with E-state index in [9.17, 15) is 29.1 Å². The summed E-state index contributed by atoms with van der Waals surface area (Å²) in [4.78, 5) is 64.2. The molecule has 0 saturated carbocycles. The van der Waals surface area contributed by atoms with Crippen molar-refractivity contribution in [2.75, 3.05) is 0 Å².